The fourth-order valence-corrected chi connectivity index (χ4v) is 4.10. The van der Waals surface area contributed by atoms with Crippen LogP contribution in [0, 0.1) is 6.92 Å². The zero-order valence-electron chi connectivity index (χ0n) is 13.6. The second-order valence-electron chi connectivity index (χ2n) is 6.06. The highest BCUT2D eigenvalue weighted by molar-refractivity contribution is 7.18. The maximum absolute atomic E-state index is 12.4. The van der Waals surface area contributed by atoms with Crippen molar-refractivity contribution in [2.75, 3.05) is 6.54 Å². The molecule has 1 aromatic carbocycles. The minimum Gasteiger partial charge on any atom is -0.333 e. The Bertz CT molecular complexity index is 851. The van der Waals surface area contributed by atoms with Crippen LogP contribution in [0.1, 0.15) is 29.5 Å². The molecule has 0 bridgehead atoms. The lowest BCUT2D eigenvalue weighted by molar-refractivity contribution is -0.132. The quantitative estimate of drug-likeness (QED) is 0.732. The van der Waals surface area contributed by atoms with Gasteiger partial charge in [-0.1, -0.05) is 12.1 Å². The Morgan fingerprint density at radius 2 is 2.12 bits per heavy atom. The van der Waals surface area contributed by atoms with Crippen LogP contribution in [0.5, 0.6) is 0 Å². The van der Waals surface area contributed by atoms with Crippen LogP contribution in [0.4, 0.5) is 0 Å². The average Bonchev–Trinajstić information content (AvgIpc) is 3.17. The molecule has 7 heteroatoms. The summed E-state index contributed by atoms with van der Waals surface area (Å²) in [5, 5.41) is 9.34. The average molecular weight is 341 g/mol. The Morgan fingerprint density at radius 3 is 3.00 bits per heavy atom. The number of rotatable bonds is 4. The molecule has 0 atom stereocenters. The van der Waals surface area contributed by atoms with Gasteiger partial charge in [-0.25, -0.2) is 4.98 Å². The Hall–Kier alpha value is -2.28. The molecule has 124 valence electrons. The number of thiazole rings is 1. The number of fused-ring (bicyclic) bond motifs is 2. The number of carbonyl (C=O) groups is 1. The summed E-state index contributed by atoms with van der Waals surface area (Å²) in [6.45, 7) is 4.05. The maximum atomic E-state index is 12.4. The number of benzene rings is 1. The van der Waals surface area contributed by atoms with Gasteiger partial charge in [-0.2, -0.15) is 0 Å². The number of amides is 1. The lowest BCUT2D eigenvalue weighted by atomic mass is 10.2. The minimum absolute atomic E-state index is 0.197. The molecule has 1 amide bonds. The fraction of sp³-hybridized carbons (Fsp3) is 0.412. The number of hydrogen-bond donors (Lipinski definition) is 0. The van der Waals surface area contributed by atoms with Crippen LogP contribution >= 0.6 is 11.3 Å². The van der Waals surface area contributed by atoms with E-state index in [2.05, 4.69) is 25.8 Å². The molecule has 0 saturated carbocycles. The molecular weight excluding hydrogens is 322 g/mol. The van der Waals surface area contributed by atoms with Crippen LogP contribution in [0.2, 0.25) is 0 Å². The van der Waals surface area contributed by atoms with E-state index < -0.39 is 0 Å². The van der Waals surface area contributed by atoms with Crippen molar-refractivity contribution in [2.24, 2.45) is 0 Å². The van der Waals surface area contributed by atoms with Crippen LogP contribution in [0.3, 0.4) is 0 Å². The van der Waals surface area contributed by atoms with Crippen LogP contribution in [0.25, 0.3) is 10.2 Å². The third kappa shape index (κ3) is 2.91. The molecule has 0 radical (unpaired) electrons. The Kier molecular flexibility index (Phi) is 4.02. The van der Waals surface area contributed by atoms with E-state index in [-0.39, 0.29) is 5.91 Å². The van der Waals surface area contributed by atoms with Gasteiger partial charge >= 0.3 is 0 Å². The van der Waals surface area contributed by atoms with Crippen molar-refractivity contribution < 1.29 is 4.79 Å². The van der Waals surface area contributed by atoms with E-state index in [9.17, 15) is 4.79 Å². The van der Waals surface area contributed by atoms with Gasteiger partial charge in [0.15, 0.2) is 5.82 Å². The van der Waals surface area contributed by atoms with Crippen LogP contribution in [-0.2, 0) is 24.3 Å². The van der Waals surface area contributed by atoms with E-state index in [1.165, 1.54) is 4.70 Å². The predicted molar refractivity (Wildman–Crippen MR) is 92.7 cm³/mol. The van der Waals surface area contributed by atoms with E-state index in [1.54, 1.807) is 11.3 Å². The van der Waals surface area contributed by atoms with Gasteiger partial charge in [-0.3, -0.25) is 4.79 Å². The van der Waals surface area contributed by atoms with E-state index in [0.717, 1.165) is 48.1 Å². The van der Waals surface area contributed by atoms with Gasteiger partial charge in [0, 0.05) is 19.5 Å². The summed E-state index contributed by atoms with van der Waals surface area (Å²) in [5.74, 6) is 2.01. The minimum atomic E-state index is 0.197. The van der Waals surface area contributed by atoms with Crippen molar-refractivity contribution >= 4 is 27.5 Å². The molecular formula is C17H19N5OS. The van der Waals surface area contributed by atoms with Crippen molar-refractivity contribution in [3.8, 4) is 0 Å². The summed E-state index contributed by atoms with van der Waals surface area (Å²) in [6, 6.07) is 8.16. The normalized spacial score (nSPS) is 14.1. The molecule has 4 rings (SSSR count). The number of hydrogen-bond acceptors (Lipinski definition) is 5. The largest absolute Gasteiger partial charge is 0.333 e. The molecule has 0 spiro atoms. The highest BCUT2D eigenvalue weighted by Crippen LogP contribution is 2.23. The van der Waals surface area contributed by atoms with Crippen molar-refractivity contribution in [3.05, 3.63) is 40.9 Å². The summed E-state index contributed by atoms with van der Waals surface area (Å²) >= 11 is 1.72. The molecule has 0 saturated heterocycles. The number of carbonyl (C=O) groups excluding carboxylic acids is 1. The molecule has 0 aliphatic carbocycles. The van der Waals surface area contributed by atoms with E-state index >= 15 is 0 Å². The van der Waals surface area contributed by atoms with Gasteiger partial charge < -0.3 is 9.47 Å². The Morgan fingerprint density at radius 1 is 1.25 bits per heavy atom. The topological polar surface area (TPSA) is 63.9 Å². The van der Waals surface area contributed by atoms with Crippen molar-refractivity contribution in [3.63, 3.8) is 0 Å². The number of para-hydroxylation sites is 1. The molecule has 0 N–H and O–H groups in total. The molecule has 1 aliphatic heterocycles. The Balaban J connectivity index is 1.32. The molecule has 6 nitrogen and oxygen atoms in total. The standard InChI is InChI=1S/C17H19N5OS/c1-12-19-20-15-11-21(9-10-22(12)15)17(23)8-4-7-16-18-13-5-2-3-6-14(13)24-16/h2-3,5-6H,4,7-11H2,1H3. The molecule has 0 unspecified atom stereocenters. The first-order valence-electron chi connectivity index (χ1n) is 8.21. The second kappa shape index (κ2) is 6.32. The molecule has 1 aliphatic rings. The van der Waals surface area contributed by atoms with Gasteiger partial charge in [-0.05, 0) is 31.9 Å². The highest BCUT2D eigenvalue weighted by atomic mass is 32.1. The monoisotopic (exact) mass is 341 g/mol. The first kappa shape index (κ1) is 15.3. The first-order valence-corrected chi connectivity index (χ1v) is 9.03. The van der Waals surface area contributed by atoms with Gasteiger partial charge in [0.2, 0.25) is 5.91 Å². The summed E-state index contributed by atoms with van der Waals surface area (Å²) in [5.41, 5.74) is 1.05. The molecule has 0 fully saturated rings. The van der Waals surface area contributed by atoms with Crippen LogP contribution in [0.15, 0.2) is 24.3 Å². The van der Waals surface area contributed by atoms with Crippen molar-refractivity contribution in [2.45, 2.75) is 39.3 Å². The zero-order chi connectivity index (χ0) is 16.5. The van der Waals surface area contributed by atoms with E-state index in [0.29, 0.717) is 13.0 Å². The highest BCUT2D eigenvalue weighted by Gasteiger charge is 2.22. The van der Waals surface area contributed by atoms with Gasteiger partial charge in [-0.15, -0.1) is 21.5 Å². The smallest absolute Gasteiger partial charge is 0.223 e. The summed E-state index contributed by atoms with van der Waals surface area (Å²) in [4.78, 5) is 18.9. The van der Waals surface area contributed by atoms with Crippen molar-refractivity contribution in [1.29, 1.82) is 0 Å². The van der Waals surface area contributed by atoms with Crippen LogP contribution < -0.4 is 0 Å². The summed E-state index contributed by atoms with van der Waals surface area (Å²) in [6.07, 6.45) is 2.25. The zero-order valence-corrected chi connectivity index (χ0v) is 14.4. The van der Waals surface area contributed by atoms with E-state index in [1.807, 2.05) is 30.0 Å². The number of aryl methyl sites for hydroxylation is 2. The molecule has 24 heavy (non-hydrogen) atoms. The lowest BCUT2D eigenvalue weighted by Crippen LogP contribution is -2.38. The van der Waals surface area contributed by atoms with Gasteiger partial charge in [0.05, 0.1) is 21.8 Å². The number of nitrogens with zero attached hydrogens (tertiary/aromatic N) is 5. The third-order valence-corrected chi connectivity index (χ3v) is 5.51. The number of aromatic nitrogens is 4. The van der Waals surface area contributed by atoms with Crippen molar-refractivity contribution in [1.82, 2.24) is 24.6 Å². The SMILES string of the molecule is Cc1nnc2n1CCN(C(=O)CCCc1nc3ccccc3s1)C2. The molecule has 2 aromatic heterocycles. The fourth-order valence-electron chi connectivity index (χ4n) is 3.09. The first-order chi connectivity index (χ1) is 11.7. The van der Waals surface area contributed by atoms with E-state index in [4.69, 9.17) is 0 Å². The van der Waals surface area contributed by atoms with Gasteiger partial charge in [0.1, 0.15) is 5.82 Å². The lowest BCUT2D eigenvalue weighted by Gasteiger charge is -2.27. The third-order valence-electron chi connectivity index (χ3n) is 4.41. The van der Waals surface area contributed by atoms with Gasteiger partial charge in [0.25, 0.3) is 0 Å². The Labute approximate surface area is 144 Å². The van der Waals surface area contributed by atoms with Crippen LogP contribution in [-0.4, -0.2) is 37.1 Å². The summed E-state index contributed by atoms with van der Waals surface area (Å²) in [7, 11) is 0. The maximum Gasteiger partial charge on any atom is 0.223 e. The molecule has 3 heterocycles. The predicted octanol–water partition coefficient (Wildman–Crippen LogP) is 2.56. The summed E-state index contributed by atoms with van der Waals surface area (Å²) < 4.78 is 3.30. The second-order valence-corrected chi connectivity index (χ2v) is 7.17. The molecule has 3 aromatic rings.